The van der Waals surface area contributed by atoms with Crippen LogP contribution in [0.2, 0.25) is 0 Å². The van der Waals surface area contributed by atoms with Gasteiger partial charge in [0.05, 0.1) is 17.6 Å². The van der Waals surface area contributed by atoms with Gasteiger partial charge >= 0.3 is 0 Å². The fourth-order valence-corrected chi connectivity index (χ4v) is 4.29. The molecule has 1 aliphatic heterocycles. The number of carbonyl (C=O) groups is 1. The van der Waals surface area contributed by atoms with Gasteiger partial charge in [-0.3, -0.25) is 9.69 Å². The van der Waals surface area contributed by atoms with E-state index in [-0.39, 0.29) is 5.91 Å². The average Bonchev–Trinajstić information content (AvgIpc) is 3.28. The Labute approximate surface area is 173 Å². The summed E-state index contributed by atoms with van der Waals surface area (Å²) >= 11 is 3.41. The maximum absolute atomic E-state index is 12.5. The predicted molar refractivity (Wildman–Crippen MR) is 117 cm³/mol. The lowest BCUT2D eigenvalue weighted by Crippen LogP contribution is -2.21. The number of likely N-dealkylation sites (tertiary alicyclic amines) is 1. The van der Waals surface area contributed by atoms with Gasteiger partial charge in [0.1, 0.15) is 5.82 Å². The van der Waals surface area contributed by atoms with Crippen molar-refractivity contribution >= 4 is 38.6 Å². The quantitative estimate of drug-likeness (QED) is 0.590. The summed E-state index contributed by atoms with van der Waals surface area (Å²) in [5.41, 5.74) is 3.43. The smallest absolute Gasteiger partial charge is 0.255 e. The number of amides is 1. The molecule has 0 aliphatic carbocycles. The van der Waals surface area contributed by atoms with Gasteiger partial charge in [-0.25, -0.2) is 4.98 Å². The first-order chi connectivity index (χ1) is 13.5. The molecule has 3 aromatic rings. The van der Waals surface area contributed by atoms with Crippen molar-refractivity contribution in [3.63, 3.8) is 0 Å². The van der Waals surface area contributed by atoms with Crippen molar-refractivity contribution in [2.75, 3.05) is 18.4 Å². The van der Waals surface area contributed by atoms with E-state index in [0.29, 0.717) is 11.6 Å². The second-order valence-corrected chi connectivity index (χ2v) is 8.56. The molecular weight excluding hydrogens is 416 g/mol. The Balaban J connectivity index is 1.62. The number of imidazole rings is 1. The van der Waals surface area contributed by atoms with E-state index in [2.05, 4.69) is 50.6 Å². The van der Waals surface area contributed by atoms with E-state index in [0.717, 1.165) is 46.7 Å². The van der Waals surface area contributed by atoms with Crippen LogP contribution < -0.4 is 5.32 Å². The van der Waals surface area contributed by atoms with Gasteiger partial charge in [-0.1, -0.05) is 22.0 Å². The van der Waals surface area contributed by atoms with Gasteiger partial charge in [-0.2, -0.15) is 0 Å². The third-order valence-corrected chi connectivity index (χ3v) is 5.68. The Kier molecular flexibility index (Phi) is 5.51. The van der Waals surface area contributed by atoms with Crippen molar-refractivity contribution in [3.05, 3.63) is 58.3 Å². The Morgan fingerprint density at radius 2 is 1.96 bits per heavy atom. The van der Waals surface area contributed by atoms with Gasteiger partial charge in [0, 0.05) is 21.8 Å². The third-order valence-electron chi connectivity index (χ3n) is 5.19. The standard InChI is InChI=1S/C22H25BrN4O/c1-15(2)27-20-9-8-18(24-22(28)16-6-5-7-17(23)12-16)13-19(20)25-21(27)14-26-10-3-4-11-26/h5-9,12-13,15H,3-4,10-11,14H2,1-2H3,(H,24,28). The molecule has 1 saturated heterocycles. The minimum absolute atomic E-state index is 0.124. The molecule has 2 heterocycles. The van der Waals surface area contributed by atoms with Crippen LogP contribution in [0.4, 0.5) is 5.69 Å². The lowest BCUT2D eigenvalue weighted by molar-refractivity contribution is 0.102. The van der Waals surface area contributed by atoms with Crippen LogP contribution in [0.3, 0.4) is 0 Å². The first-order valence-electron chi connectivity index (χ1n) is 9.81. The van der Waals surface area contributed by atoms with Crippen molar-refractivity contribution in [2.24, 2.45) is 0 Å². The Morgan fingerprint density at radius 1 is 1.18 bits per heavy atom. The van der Waals surface area contributed by atoms with Crippen molar-refractivity contribution in [3.8, 4) is 0 Å². The lowest BCUT2D eigenvalue weighted by atomic mass is 10.2. The summed E-state index contributed by atoms with van der Waals surface area (Å²) in [7, 11) is 0. The van der Waals surface area contributed by atoms with Crippen LogP contribution in [0.1, 0.15) is 48.9 Å². The topological polar surface area (TPSA) is 50.2 Å². The van der Waals surface area contributed by atoms with Crippen LogP contribution in [0.25, 0.3) is 11.0 Å². The Morgan fingerprint density at radius 3 is 2.68 bits per heavy atom. The number of nitrogens with zero attached hydrogens (tertiary/aromatic N) is 3. The summed E-state index contributed by atoms with van der Waals surface area (Å²) in [4.78, 5) is 19.9. The normalized spacial score (nSPS) is 14.9. The molecule has 146 valence electrons. The number of halogens is 1. The van der Waals surface area contributed by atoms with E-state index >= 15 is 0 Å². The molecule has 4 rings (SSSR count). The number of hydrogen-bond acceptors (Lipinski definition) is 3. The summed E-state index contributed by atoms with van der Waals surface area (Å²) < 4.78 is 3.20. The second kappa shape index (κ2) is 8.05. The molecule has 28 heavy (non-hydrogen) atoms. The van der Waals surface area contributed by atoms with Crippen molar-refractivity contribution < 1.29 is 4.79 Å². The van der Waals surface area contributed by atoms with E-state index in [9.17, 15) is 4.79 Å². The number of fused-ring (bicyclic) bond motifs is 1. The van der Waals surface area contributed by atoms with Crippen LogP contribution in [0, 0.1) is 0 Å². The van der Waals surface area contributed by atoms with E-state index < -0.39 is 0 Å². The molecule has 1 fully saturated rings. The molecule has 5 nitrogen and oxygen atoms in total. The van der Waals surface area contributed by atoms with Crippen LogP contribution in [0.15, 0.2) is 46.9 Å². The number of aromatic nitrogens is 2. The highest BCUT2D eigenvalue weighted by atomic mass is 79.9. The van der Waals surface area contributed by atoms with Crippen molar-refractivity contribution in [1.82, 2.24) is 14.5 Å². The van der Waals surface area contributed by atoms with Gasteiger partial charge < -0.3 is 9.88 Å². The van der Waals surface area contributed by atoms with Crippen molar-refractivity contribution in [1.29, 1.82) is 0 Å². The van der Waals surface area contributed by atoms with Gasteiger partial charge in [0.2, 0.25) is 0 Å². The molecular formula is C22H25BrN4O. The van der Waals surface area contributed by atoms with E-state index in [1.54, 1.807) is 6.07 Å². The fraction of sp³-hybridized carbons (Fsp3) is 0.364. The van der Waals surface area contributed by atoms with Gasteiger partial charge in [0.15, 0.2) is 0 Å². The van der Waals surface area contributed by atoms with Gasteiger partial charge in [0.25, 0.3) is 5.91 Å². The highest BCUT2D eigenvalue weighted by Gasteiger charge is 2.19. The van der Waals surface area contributed by atoms with Crippen LogP contribution >= 0.6 is 15.9 Å². The zero-order valence-corrected chi connectivity index (χ0v) is 17.9. The maximum Gasteiger partial charge on any atom is 0.255 e. The highest BCUT2D eigenvalue weighted by molar-refractivity contribution is 9.10. The molecule has 1 aliphatic rings. The van der Waals surface area contributed by atoms with Gasteiger partial charge in [-0.15, -0.1) is 0 Å². The summed E-state index contributed by atoms with van der Waals surface area (Å²) in [6, 6.07) is 13.7. The minimum Gasteiger partial charge on any atom is -0.324 e. The molecule has 6 heteroatoms. The zero-order chi connectivity index (χ0) is 19.7. The SMILES string of the molecule is CC(C)n1c(CN2CCCC2)nc2cc(NC(=O)c3cccc(Br)c3)ccc21. The number of carbonyl (C=O) groups excluding carboxylic acids is 1. The second-order valence-electron chi connectivity index (χ2n) is 7.64. The highest BCUT2D eigenvalue weighted by Crippen LogP contribution is 2.26. The molecule has 0 unspecified atom stereocenters. The average molecular weight is 441 g/mol. The van der Waals surface area contributed by atoms with E-state index in [1.807, 2.05) is 30.3 Å². The van der Waals surface area contributed by atoms with Crippen LogP contribution in [-0.2, 0) is 6.54 Å². The molecule has 1 aromatic heterocycles. The van der Waals surface area contributed by atoms with Crippen LogP contribution in [0.5, 0.6) is 0 Å². The molecule has 0 saturated carbocycles. The fourth-order valence-electron chi connectivity index (χ4n) is 3.89. The van der Waals surface area contributed by atoms with Crippen LogP contribution in [-0.4, -0.2) is 33.4 Å². The third kappa shape index (κ3) is 3.98. The summed E-state index contributed by atoms with van der Waals surface area (Å²) in [5.74, 6) is 0.976. The number of anilines is 1. The predicted octanol–water partition coefficient (Wildman–Crippen LogP) is 5.23. The number of nitrogens with one attached hydrogen (secondary N) is 1. The Bertz CT molecular complexity index is 1000. The molecule has 0 atom stereocenters. The summed E-state index contributed by atoms with van der Waals surface area (Å²) in [6.07, 6.45) is 2.54. The molecule has 1 N–H and O–H groups in total. The molecule has 2 aromatic carbocycles. The monoisotopic (exact) mass is 440 g/mol. The van der Waals surface area contributed by atoms with Gasteiger partial charge in [-0.05, 0) is 76.2 Å². The zero-order valence-electron chi connectivity index (χ0n) is 16.3. The largest absolute Gasteiger partial charge is 0.324 e. The maximum atomic E-state index is 12.5. The lowest BCUT2D eigenvalue weighted by Gasteiger charge is -2.18. The number of hydrogen-bond donors (Lipinski definition) is 1. The number of rotatable bonds is 5. The molecule has 0 radical (unpaired) electrons. The Hall–Kier alpha value is -2.18. The van der Waals surface area contributed by atoms with Crippen molar-refractivity contribution in [2.45, 2.75) is 39.3 Å². The summed E-state index contributed by atoms with van der Waals surface area (Å²) in [6.45, 7) is 7.56. The number of benzene rings is 2. The first-order valence-corrected chi connectivity index (χ1v) is 10.6. The first kappa shape index (κ1) is 19.2. The molecule has 0 spiro atoms. The summed E-state index contributed by atoms with van der Waals surface area (Å²) in [5, 5.41) is 2.99. The molecule has 0 bridgehead atoms. The molecule has 1 amide bonds. The van der Waals surface area contributed by atoms with E-state index in [1.165, 1.54) is 12.8 Å². The minimum atomic E-state index is -0.124. The van der Waals surface area contributed by atoms with E-state index in [4.69, 9.17) is 4.98 Å².